The Labute approximate surface area is 194 Å². The van der Waals surface area contributed by atoms with E-state index in [-0.39, 0.29) is 18.4 Å². The largest absolute Gasteiger partial charge is 0.487 e. The predicted octanol–water partition coefficient (Wildman–Crippen LogP) is 5.20. The first-order valence-electron chi connectivity index (χ1n) is 10.8. The Morgan fingerprint density at radius 3 is 2.36 bits per heavy atom. The predicted molar refractivity (Wildman–Crippen MR) is 131 cm³/mol. The number of hydrogen-bond donors (Lipinski definition) is 2. The molecule has 0 saturated heterocycles. The van der Waals surface area contributed by atoms with E-state index in [0.717, 1.165) is 28.8 Å². The van der Waals surface area contributed by atoms with Gasteiger partial charge in [-0.05, 0) is 53.8 Å². The lowest BCUT2D eigenvalue weighted by atomic mass is 10.0. The van der Waals surface area contributed by atoms with Crippen LogP contribution in [0.3, 0.4) is 0 Å². The van der Waals surface area contributed by atoms with E-state index in [9.17, 15) is 14.7 Å². The van der Waals surface area contributed by atoms with Crippen LogP contribution in [-0.4, -0.2) is 37.3 Å². The van der Waals surface area contributed by atoms with E-state index in [0.29, 0.717) is 6.54 Å². The number of hydrogen-bond acceptors (Lipinski definition) is 3. The van der Waals surface area contributed by atoms with E-state index < -0.39 is 5.97 Å². The number of aliphatic carboxylic acids is 1. The molecule has 3 aromatic rings. The van der Waals surface area contributed by atoms with Gasteiger partial charge in [0.25, 0.3) is 0 Å². The summed E-state index contributed by atoms with van der Waals surface area (Å²) in [4.78, 5) is 25.4. The number of carbonyl (C=O) groups is 2. The van der Waals surface area contributed by atoms with Crippen molar-refractivity contribution in [2.75, 3.05) is 25.1 Å². The maximum atomic E-state index is 12.6. The number of rotatable bonds is 9. The van der Waals surface area contributed by atoms with E-state index in [1.54, 1.807) is 18.9 Å². The second-order valence-corrected chi connectivity index (χ2v) is 7.45. The number of urea groups is 1. The minimum atomic E-state index is -1.10. The van der Waals surface area contributed by atoms with Crippen LogP contribution in [-0.2, 0) is 16.0 Å². The van der Waals surface area contributed by atoms with Gasteiger partial charge in [0.15, 0.2) is 0 Å². The first-order valence-corrected chi connectivity index (χ1v) is 10.8. The monoisotopic (exact) mass is 444 g/mol. The van der Waals surface area contributed by atoms with Crippen LogP contribution in [0.15, 0.2) is 84.6 Å². The van der Waals surface area contributed by atoms with E-state index in [1.807, 2.05) is 78.9 Å². The molecule has 0 aliphatic carbocycles. The molecular formula is C27H28N2O4. The maximum Gasteiger partial charge on any atom is 0.371 e. The van der Waals surface area contributed by atoms with Crippen LogP contribution in [0.5, 0.6) is 0 Å². The molecule has 0 aromatic heterocycles. The van der Waals surface area contributed by atoms with Crippen molar-refractivity contribution in [3.05, 3.63) is 95.7 Å². The third-order valence-electron chi connectivity index (χ3n) is 5.12. The van der Waals surface area contributed by atoms with Crippen LogP contribution in [0.4, 0.5) is 10.5 Å². The Hall–Kier alpha value is -4.06. The molecule has 0 atom stereocenters. The molecule has 0 spiro atoms. The molecule has 0 aliphatic heterocycles. The third-order valence-corrected chi connectivity index (χ3v) is 5.12. The van der Waals surface area contributed by atoms with Gasteiger partial charge in [-0.15, -0.1) is 0 Å². The minimum absolute atomic E-state index is 0.0906. The summed E-state index contributed by atoms with van der Waals surface area (Å²) in [5.74, 6) is -1.19. The lowest BCUT2D eigenvalue weighted by Gasteiger charge is -2.19. The Kier molecular flexibility index (Phi) is 8.24. The lowest BCUT2D eigenvalue weighted by molar-refractivity contribution is -0.136. The third kappa shape index (κ3) is 6.71. The van der Waals surface area contributed by atoms with E-state index in [2.05, 4.69) is 5.32 Å². The van der Waals surface area contributed by atoms with Gasteiger partial charge in [0.1, 0.15) is 0 Å². The van der Waals surface area contributed by atoms with Gasteiger partial charge >= 0.3 is 12.0 Å². The fourth-order valence-corrected chi connectivity index (χ4v) is 3.33. The summed E-state index contributed by atoms with van der Waals surface area (Å²) in [5, 5.41) is 12.2. The highest BCUT2D eigenvalue weighted by Gasteiger charge is 2.12. The molecule has 0 fully saturated rings. The molecular weight excluding hydrogens is 416 g/mol. The van der Waals surface area contributed by atoms with Gasteiger partial charge in [0.05, 0.1) is 6.61 Å². The van der Waals surface area contributed by atoms with E-state index in [4.69, 9.17) is 4.74 Å². The summed E-state index contributed by atoms with van der Waals surface area (Å²) in [6.07, 6.45) is 2.27. The highest BCUT2D eigenvalue weighted by molar-refractivity contribution is 5.92. The van der Waals surface area contributed by atoms with E-state index in [1.165, 1.54) is 11.6 Å². The maximum absolute atomic E-state index is 12.6. The average Bonchev–Trinajstić information content (AvgIpc) is 2.84. The van der Waals surface area contributed by atoms with Gasteiger partial charge in [-0.2, -0.15) is 0 Å². The number of carbonyl (C=O) groups excluding carboxylic acids is 1. The van der Waals surface area contributed by atoms with Crippen LogP contribution in [0.1, 0.15) is 18.1 Å². The van der Waals surface area contributed by atoms with Crippen molar-refractivity contribution in [2.24, 2.45) is 0 Å². The number of nitrogens with one attached hydrogen (secondary N) is 1. The van der Waals surface area contributed by atoms with Crippen LogP contribution in [0.2, 0.25) is 0 Å². The van der Waals surface area contributed by atoms with Crippen molar-refractivity contribution < 1.29 is 19.4 Å². The summed E-state index contributed by atoms with van der Waals surface area (Å²) in [5.41, 5.74) is 4.60. The topological polar surface area (TPSA) is 78.9 Å². The zero-order chi connectivity index (χ0) is 23.6. The van der Waals surface area contributed by atoms with Crippen LogP contribution >= 0.6 is 0 Å². The summed E-state index contributed by atoms with van der Waals surface area (Å²) < 4.78 is 5.16. The number of carboxylic acids is 1. The summed E-state index contributed by atoms with van der Waals surface area (Å²) in [6, 6.07) is 25.1. The molecule has 0 radical (unpaired) electrons. The highest BCUT2D eigenvalue weighted by atomic mass is 16.5. The fraction of sp³-hybridized carbons (Fsp3) is 0.185. The average molecular weight is 445 g/mol. The van der Waals surface area contributed by atoms with Crippen LogP contribution < -0.4 is 10.2 Å². The molecule has 6 nitrogen and oxygen atoms in total. The Balaban J connectivity index is 1.66. The molecule has 0 aliphatic rings. The Bertz CT molecular complexity index is 1110. The quantitative estimate of drug-likeness (QED) is 0.351. The van der Waals surface area contributed by atoms with Crippen LogP contribution in [0.25, 0.3) is 17.2 Å². The number of nitrogens with zero attached hydrogens (tertiary/aromatic N) is 1. The molecule has 3 rings (SSSR count). The van der Waals surface area contributed by atoms with E-state index >= 15 is 0 Å². The number of carboxylic acid groups (broad SMARTS) is 1. The number of ether oxygens (including phenoxy) is 1. The molecule has 6 heteroatoms. The van der Waals surface area contributed by atoms with Gasteiger partial charge in [0, 0.05) is 19.3 Å². The van der Waals surface area contributed by atoms with Crippen molar-refractivity contribution in [3.63, 3.8) is 0 Å². The second-order valence-electron chi connectivity index (χ2n) is 7.45. The van der Waals surface area contributed by atoms with Gasteiger partial charge in [0.2, 0.25) is 5.76 Å². The van der Waals surface area contributed by atoms with Crippen molar-refractivity contribution in [3.8, 4) is 11.1 Å². The van der Waals surface area contributed by atoms with Crippen LogP contribution in [0, 0.1) is 0 Å². The number of benzene rings is 3. The molecule has 170 valence electrons. The van der Waals surface area contributed by atoms with Crippen molar-refractivity contribution in [1.29, 1.82) is 0 Å². The molecule has 0 saturated carbocycles. The number of amides is 2. The fourth-order valence-electron chi connectivity index (χ4n) is 3.33. The highest BCUT2D eigenvalue weighted by Crippen LogP contribution is 2.25. The summed E-state index contributed by atoms with van der Waals surface area (Å²) in [6.45, 7) is 2.59. The van der Waals surface area contributed by atoms with Gasteiger partial charge in [-0.1, -0.05) is 66.7 Å². The zero-order valence-electron chi connectivity index (χ0n) is 18.8. The molecule has 0 bridgehead atoms. The smallest absolute Gasteiger partial charge is 0.371 e. The summed E-state index contributed by atoms with van der Waals surface area (Å²) >= 11 is 0. The minimum Gasteiger partial charge on any atom is -0.487 e. The molecule has 0 unspecified atom stereocenters. The zero-order valence-corrected chi connectivity index (χ0v) is 18.8. The molecule has 33 heavy (non-hydrogen) atoms. The SMILES string of the molecule is CCO/C(=C/c1ccc(-c2cccc(N(C)C(=O)NCCc3ccccc3)c2)cc1)C(=O)O. The van der Waals surface area contributed by atoms with Gasteiger partial charge in [-0.25, -0.2) is 9.59 Å². The van der Waals surface area contributed by atoms with Crippen molar-refractivity contribution in [1.82, 2.24) is 5.32 Å². The molecule has 2 N–H and O–H groups in total. The molecule has 2 amide bonds. The number of anilines is 1. The standard InChI is InChI=1S/C27H28N2O4/c1-3-33-25(26(30)31)18-21-12-14-22(15-13-21)23-10-7-11-24(19-23)29(2)27(32)28-17-16-20-8-5-4-6-9-20/h4-15,18-19H,3,16-17H2,1-2H3,(H,28,32)(H,30,31)/b25-18+. The Morgan fingerprint density at radius 2 is 1.70 bits per heavy atom. The lowest BCUT2D eigenvalue weighted by Crippen LogP contribution is -2.38. The normalized spacial score (nSPS) is 11.0. The summed E-state index contributed by atoms with van der Waals surface area (Å²) in [7, 11) is 1.74. The van der Waals surface area contributed by atoms with Gasteiger partial charge < -0.3 is 15.2 Å². The van der Waals surface area contributed by atoms with Crippen molar-refractivity contribution >= 4 is 23.8 Å². The first-order chi connectivity index (χ1) is 16.0. The molecule has 3 aromatic carbocycles. The Morgan fingerprint density at radius 1 is 0.970 bits per heavy atom. The second kappa shape index (κ2) is 11.5. The molecule has 0 heterocycles. The van der Waals surface area contributed by atoms with Crippen molar-refractivity contribution in [2.45, 2.75) is 13.3 Å². The first kappa shape index (κ1) is 23.6. The van der Waals surface area contributed by atoms with Gasteiger partial charge in [-0.3, -0.25) is 4.90 Å².